The van der Waals surface area contributed by atoms with Crippen LogP contribution in [-0.2, 0) is 13.0 Å². The van der Waals surface area contributed by atoms with Gasteiger partial charge in [0.1, 0.15) is 0 Å². The summed E-state index contributed by atoms with van der Waals surface area (Å²) in [5.74, 6) is 0. The molecule has 0 bridgehead atoms. The number of benzene rings is 1. The number of nitrogens with zero attached hydrogens (tertiary/aromatic N) is 1. The van der Waals surface area contributed by atoms with Crippen molar-refractivity contribution in [2.75, 3.05) is 5.73 Å². The molecule has 2 nitrogen and oxygen atoms in total. The van der Waals surface area contributed by atoms with Crippen LogP contribution in [0.2, 0.25) is 0 Å². The molecule has 2 heteroatoms. The van der Waals surface area contributed by atoms with Gasteiger partial charge in [-0.05, 0) is 37.1 Å². The lowest BCUT2D eigenvalue weighted by atomic mass is 10.2. The number of aromatic nitrogens is 1. The molecule has 3 rings (SSSR count). The largest absolute Gasteiger partial charge is 0.399 e. The number of hydrogen-bond donors (Lipinski definition) is 1. The van der Waals surface area contributed by atoms with Crippen molar-refractivity contribution >= 4 is 16.6 Å². The Morgan fingerprint density at radius 3 is 3.08 bits per heavy atom. The lowest BCUT2D eigenvalue weighted by molar-refractivity contribution is 0.772. The topological polar surface area (TPSA) is 30.9 Å². The molecule has 0 amide bonds. The zero-order valence-corrected chi connectivity index (χ0v) is 7.46. The summed E-state index contributed by atoms with van der Waals surface area (Å²) in [4.78, 5) is 0. The third kappa shape index (κ3) is 0.886. The summed E-state index contributed by atoms with van der Waals surface area (Å²) in [5.41, 5.74) is 9.39. The van der Waals surface area contributed by atoms with Crippen molar-refractivity contribution in [3.05, 3.63) is 30.0 Å². The van der Waals surface area contributed by atoms with Crippen LogP contribution in [0, 0.1) is 0 Å². The van der Waals surface area contributed by atoms with Gasteiger partial charge in [-0.1, -0.05) is 0 Å². The van der Waals surface area contributed by atoms with Crippen molar-refractivity contribution in [1.82, 2.24) is 4.57 Å². The highest BCUT2D eigenvalue weighted by Crippen LogP contribution is 2.27. The van der Waals surface area contributed by atoms with Crippen molar-refractivity contribution in [3.63, 3.8) is 0 Å². The van der Waals surface area contributed by atoms with Gasteiger partial charge in [-0.3, -0.25) is 0 Å². The minimum Gasteiger partial charge on any atom is -0.399 e. The quantitative estimate of drug-likeness (QED) is 0.606. The molecule has 0 atom stereocenters. The Kier molecular flexibility index (Phi) is 1.23. The Morgan fingerprint density at radius 1 is 1.23 bits per heavy atom. The van der Waals surface area contributed by atoms with Crippen LogP contribution in [0.5, 0.6) is 0 Å². The average Bonchev–Trinajstić information content (AvgIpc) is 2.62. The number of aryl methyl sites for hydroxylation is 2. The normalized spacial score (nSPS) is 15.1. The van der Waals surface area contributed by atoms with E-state index in [2.05, 4.69) is 22.8 Å². The molecule has 1 aromatic carbocycles. The molecule has 0 saturated heterocycles. The van der Waals surface area contributed by atoms with Gasteiger partial charge in [-0.2, -0.15) is 0 Å². The molecule has 1 aliphatic heterocycles. The Balaban J connectivity index is 2.38. The molecule has 0 spiro atoms. The lowest BCUT2D eigenvalue weighted by Gasteiger charge is -1.99. The van der Waals surface area contributed by atoms with Crippen LogP contribution < -0.4 is 5.73 Å². The first-order valence-electron chi connectivity index (χ1n) is 4.72. The van der Waals surface area contributed by atoms with Gasteiger partial charge in [-0.15, -0.1) is 0 Å². The molecule has 2 heterocycles. The monoisotopic (exact) mass is 172 g/mol. The number of nitrogen functional groups attached to an aromatic ring is 1. The molecular formula is C11H12N2. The maximum absolute atomic E-state index is 5.73. The smallest absolute Gasteiger partial charge is 0.0484 e. The Labute approximate surface area is 77.0 Å². The van der Waals surface area contributed by atoms with Crippen molar-refractivity contribution in [2.24, 2.45) is 0 Å². The summed E-state index contributed by atoms with van der Waals surface area (Å²) in [5, 5.41) is 1.29. The van der Waals surface area contributed by atoms with Gasteiger partial charge in [-0.25, -0.2) is 0 Å². The van der Waals surface area contributed by atoms with E-state index >= 15 is 0 Å². The molecule has 13 heavy (non-hydrogen) atoms. The number of anilines is 1. The van der Waals surface area contributed by atoms with E-state index in [1.165, 1.54) is 36.0 Å². The molecule has 0 saturated carbocycles. The van der Waals surface area contributed by atoms with E-state index in [1.807, 2.05) is 6.07 Å². The van der Waals surface area contributed by atoms with E-state index in [0.29, 0.717) is 0 Å². The molecule has 1 aromatic heterocycles. The number of hydrogen-bond acceptors (Lipinski definition) is 1. The van der Waals surface area contributed by atoms with Crippen LogP contribution in [0.1, 0.15) is 12.1 Å². The van der Waals surface area contributed by atoms with E-state index in [9.17, 15) is 0 Å². The average molecular weight is 172 g/mol. The van der Waals surface area contributed by atoms with Gasteiger partial charge in [0.05, 0.1) is 0 Å². The maximum Gasteiger partial charge on any atom is 0.0484 e. The van der Waals surface area contributed by atoms with Crippen molar-refractivity contribution in [2.45, 2.75) is 19.4 Å². The molecule has 2 N–H and O–H groups in total. The summed E-state index contributed by atoms with van der Waals surface area (Å²) in [7, 11) is 0. The van der Waals surface area contributed by atoms with Gasteiger partial charge in [0.15, 0.2) is 0 Å². The van der Waals surface area contributed by atoms with Crippen molar-refractivity contribution in [3.8, 4) is 0 Å². The Bertz CT molecular complexity index is 468. The van der Waals surface area contributed by atoms with Crippen LogP contribution >= 0.6 is 0 Å². The molecule has 0 aliphatic carbocycles. The summed E-state index contributed by atoms with van der Waals surface area (Å²) in [6.45, 7) is 1.17. The predicted molar refractivity (Wildman–Crippen MR) is 54.7 cm³/mol. The first kappa shape index (κ1) is 7.01. The zero-order chi connectivity index (χ0) is 8.84. The van der Waals surface area contributed by atoms with Crippen LogP contribution in [0.4, 0.5) is 5.69 Å². The first-order chi connectivity index (χ1) is 6.34. The standard InChI is InChI=1S/C11H12N2/c12-9-3-4-11-8(6-9)7-10-2-1-5-13(10)11/h3-4,6-7H,1-2,5,12H2. The first-order valence-corrected chi connectivity index (χ1v) is 4.72. The van der Waals surface area contributed by atoms with Gasteiger partial charge in [0.2, 0.25) is 0 Å². The van der Waals surface area contributed by atoms with E-state index in [0.717, 1.165) is 5.69 Å². The lowest BCUT2D eigenvalue weighted by Crippen LogP contribution is -1.91. The van der Waals surface area contributed by atoms with E-state index in [-0.39, 0.29) is 0 Å². The highest BCUT2D eigenvalue weighted by Gasteiger charge is 2.13. The number of nitrogens with two attached hydrogens (primary N) is 1. The molecule has 0 radical (unpaired) electrons. The molecule has 66 valence electrons. The van der Waals surface area contributed by atoms with Crippen molar-refractivity contribution in [1.29, 1.82) is 0 Å². The molecular weight excluding hydrogens is 160 g/mol. The van der Waals surface area contributed by atoms with Crippen LogP contribution in [0.15, 0.2) is 24.3 Å². The fraction of sp³-hybridized carbons (Fsp3) is 0.273. The maximum atomic E-state index is 5.73. The Hall–Kier alpha value is -1.44. The molecule has 2 aromatic rings. The second-order valence-corrected chi connectivity index (χ2v) is 3.71. The van der Waals surface area contributed by atoms with Gasteiger partial charge < -0.3 is 10.3 Å². The SMILES string of the molecule is Nc1ccc2c(c1)cc1n2CCC1. The third-order valence-electron chi connectivity index (χ3n) is 2.83. The fourth-order valence-corrected chi connectivity index (χ4v) is 2.24. The third-order valence-corrected chi connectivity index (χ3v) is 2.83. The fourth-order valence-electron chi connectivity index (χ4n) is 2.24. The molecule has 0 unspecified atom stereocenters. The van der Waals surface area contributed by atoms with Crippen LogP contribution in [-0.4, -0.2) is 4.57 Å². The number of fused-ring (bicyclic) bond motifs is 3. The minimum absolute atomic E-state index is 0.858. The summed E-state index contributed by atoms with van der Waals surface area (Å²) < 4.78 is 2.40. The minimum atomic E-state index is 0.858. The van der Waals surface area contributed by atoms with Crippen LogP contribution in [0.3, 0.4) is 0 Å². The second-order valence-electron chi connectivity index (χ2n) is 3.71. The zero-order valence-electron chi connectivity index (χ0n) is 7.46. The Morgan fingerprint density at radius 2 is 2.15 bits per heavy atom. The van der Waals surface area contributed by atoms with E-state index in [4.69, 9.17) is 5.73 Å². The highest BCUT2D eigenvalue weighted by molar-refractivity contribution is 5.84. The van der Waals surface area contributed by atoms with Gasteiger partial charge >= 0.3 is 0 Å². The predicted octanol–water partition coefficient (Wildman–Crippen LogP) is 2.17. The summed E-state index contributed by atoms with van der Waals surface area (Å²) in [6, 6.07) is 8.42. The van der Waals surface area contributed by atoms with Crippen molar-refractivity contribution < 1.29 is 0 Å². The van der Waals surface area contributed by atoms with E-state index in [1.54, 1.807) is 0 Å². The number of rotatable bonds is 0. The summed E-state index contributed by atoms with van der Waals surface area (Å²) in [6.07, 6.45) is 2.50. The van der Waals surface area contributed by atoms with Crippen LogP contribution in [0.25, 0.3) is 10.9 Å². The molecule has 0 fully saturated rings. The highest BCUT2D eigenvalue weighted by atomic mass is 15.0. The van der Waals surface area contributed by atoms with Gasteiger partial charge in [0.25, 0.3) is 0 Å². The second kappa shape index (κ2) is 2.28. The van der Waals surface area contributed by atoms with E-state index < -0.39 is 0 Å². The summed E-state index contributed by atoms with van der Waals surface area (Å²) >= 11 is 0. The van der Waals surface area contributed by atoms with Gasteiger partial charge in [0, 0.05) is 28.8 Å². The molecule has 1 aliphatic rings.